The van der Waals surface area contributed by atoms with Gasteiger partial charge in [-0.15, -0.1) is 0 Å². The van der Waals surface area contributed by atoms with Crippen LogP contribution in [0.15, 0.2) is 24.3 Å². The summed E-state index contributed by atoms with van der Waals surface area (Å²) in [7, 11) is 0. The zero-order valence-electron chi connectivity index (χ0n) is 11.4. The van der Waals surface area contributed by atoms with Gasteiger partial charge in [-0.1, -0.05) is 18.9 Å². The molecule has 0 aromatic heterocycles. The zero-order valence-corrected chi connectivity index (χ0v) is 11.4. The fourth-order valence-electron chi connectivity index (χ4n) is 2.55. The molecule has 1 amide bonds. The van der Waals surface area contributed by atoms with E-state index in [1.807, 2.05) is 0 Å². The van der Waals surface area contributed by atoms with Crippen LogP contribution in [0, 0.1) is 5.82 Å². The van der Waals surface area contributed by atoms with Gasteiger partial charge in [-0.2, -0.15) is 0 Å². The van der Waals surface area contributed by atoms with Gasteiger partial charge in [0, 0.05) is 5.56 Å². The molecule has 1 saturated carbocycles. The van der Waals surface area contributed by atoms with E-state index in [9.17, 15) is 14.0 Å². The van der Waals surface area contributed by atoms with E-state index in [1.165, 1.54) is 18.2 Å². The number of carbonyl (C=O) groups excluding carboxylic acids is 2. The molecule has 1 fully saturated rings. The van der Waals surface area contributed by atoms with Gasteiger partial charge in [0.2, 0.25) is 0 Å². The molecule has 2 rings (SSSR count). The number of rotatable bonds is 4. The van der Waals surface area contributed by atoms with Crippen molar-refractivity contribution < 1.29 is 18.7 Å². The maximum Gasteiger partial charge on any atom is 0.331 e. The Balaban J connectivity index is 2.16. The highest BCUT2D eigenvalue weighted by molar-refractivity contribution is 5.98. The van der Waals surface area contributed by atoms with Gasteiger partial charge < -0.3 is 10.1 Å². The van der Waals surface area contributed by atoms with Crippen molar-refractivity contribution in [3.05, 3.63) is 35.6 Å². The largest absolute Gasteiger partial charge is 0.464 e. The maximum absolute atomic E-state index is 13.1. The third-order valence-electron chi connectivity index (χ3n) is 3.56. The Morgan fingerprint density at radius 2 is 2.05 bits per heavy atom. The molecule has 1 aliphatic carbocycles. The topological polar surface area (TPSA) is 55.4 Å². The Morgan fingerprint density at radius 3 is 2.65 bits per heavy atom. The van der Waals surface area contributed by atoms with Gasteiger partial charge in [-0.05, 0) is 38.0 Å². The Hall–Kier alpha value is -1.91. The first-order valence-corrected chi connectivity index (χ1v) is 6.83. The molecule has 1 aromatic carbocycles. The van der Waals surface area contributed by atoms with Crippen LogP contribution in [0.5, 0.6) is 0 Å². The standard InChI is InChI=1S/C15H18FNO3/c1-2-20-14(19)15(8-3-4-9-15)17-13(18)11-6-5-7-12(16)10-11/h5-7,10H,2-4,8-9H2,1H3,(H,17,18). The molecule has 0 aliphatic heterocycles. The molecular formula is C15H18FNO3. The summed E-state index contributed by atoms with van der Waals surface area (Å²) in [6.07, 6.45) is 2.85. The lowest BCUT2D eigenvalue weighted by molar-refractivity contribution is -0.150. The van der Waals surface area contributed by atoms with Crippen LogP contribution in [0.1, 0.15) is 43.0 Å². The van der Waals surface area contributed by atoms with E-state index in [0.29, 0.717) is 12.8 Å². The van der Waals surface area contributed by atoms with E-state index in [4.69, 9.17) is 4.74 Å². The van der Waals surface area contributed by atoms with Crippen LogP contribution in [0.3, 0.4) is 0 Å². The zero-order chi connectivity index (χ0) is 14.6. The molecular weight excluding hydrogens is 261 g/mol. The van der Waals surface area contributed by atoms with E-state index in [-0.39, 0.29) is 12.2 Å². The highest BCUT2D eigenvalue weighted by atomic mass is 19.1. The number of hydrogen-bond donors (Lipinski definition) is 1. The Labute approximate surface area is 117 Å². The maximum atomic E-state index is 13.1. The second-order valence-electron chi connectivity index (χ2n) is 4.97. The Bertz CT molecular complexity index is 510. The lowest BCUT2D eigenvalue weighted by Gasteiger charge is -2.27. The molecule has 0 heterocycles. The number of benzene rings is 1. The molecule has 20 heavy (non-hydrogen) atoms. The van der Waals surface area contributed by atoms with Crippen LogP contribution in [0.4, 0.5) is 4.39 Å². The van der Waals surface area contributed by atoms with Crippen molar-refractivity contribution in [1.82, 2.24) is 5.32 Å². The van der Waals surface area contributed by atoms with Crippen molar-refractivity contribution >= 4 is 11.9 Å². The summed E-state index contributed by atoms with van der Waals surface area (Å²) in [5.41, 5.74) is -0.750. The van der Waals surface area contributed by atoms with E-state index in [1.54, 1.807) is 6.92 Å². The summed E-state index contributed by atoms with van der Waals surface area (Å²) in [5.74, 6) is -1.32. The number of esters is 1. The van der Waals surface area contributed by atoms with E-state index in [2.05, 4.69) is 5.32 Å². The Morgan fingerprint density at radius 1 is 1.35 bits per heavy atom. The number of halogens is 1. The summed E-state index contributed by atoms with van der Waals surface area (Å²) < 4.78 is 18.2. The first-order valence-electron chi connectivity index (χ1n) is 6.83. The number of nitrogens with one attached hydrogen (secondary N) is 1. The van der Waals surface area contributed by atoms with E-state index < -0.39 is 23.2 Å². The van der Waals surface area contributed by atoms with Gasteiger partial charge in [-0.25, -0.2) is 9.18 Å². The summed E-state index contributed by atoms with van der Waals surface area (Å²) in [5, 5.41) is 2.74. The average Bonchev–Trinajstić information content (AvgIpc) is 2.89. The third-order valence-corrected chi connectivity index (χ3v) is 3.56. The van der Waals surface area contributed by atoms with Gasteiger partial charge in [0.15, 0.2) is 0 Å². The van der Waals surface area contributed by atoms with Crippen molar-refractivity contribution in [3.63, 3.8) is 0 Å². The quantitative estimate of drug-likeness (QED) is 0.861. The summed E-state index contributed by atoms with van der Waals surface area (Å²) in [6.45, 7) is 2.01. The minimum absolute atomic E-state index is 0.209. The molecule has 0 unspecified atom stereocenters. The van der Waals surface area contributed by atoms with Crippen molar-refractivity contribution in [2.45, 2.75) is 38.1 Å². The van der Waals surface area contributed by atoms with Crippen LogP contribution in [-0.2, 0) is 9.53 Å². The van der Waals surface area contributed by atoms with E-state index in [0.717, 1.165) is 18.9 Å². The fraction of sp³-hybridized carbons (Fsp3) is 0.467. The van der Waals surface area contributed by atoms with E-state index >= 15 is 0 Å². The lowest BCUT2D eigenvalue weighted by Crippen LogP contribution is -2.53. The molecule has 4 nitrogen and oxygen atoms in total. The first-order chi connectivity index (χ1) is 9.57. The van der Waals surface area contributed by atoms with Crippen LogP contribution in [0.25, 0.3) is 0 Å². The van der Waals surface area contributed by atoms with Crippen molar-refractivity contribution in [2.24, 2.45) is 0 Å². The minimum atomic E-state index is -0.959. The number of hydrogen-bond acceptors (Lipinski definition) is 3. The average molecular weight is 279 g/mol. The van der Waals surface area contributed by atoms with Gasteiger partial charge in [0.1, 0.15) is 11.4 Å². The van der Waals surface area contributed by atoms with Gasteiger partial charge in [0.05, 0.1) is 6.61 Å². The normalized spacial score (nSPS) is 16.7. The number of amides is 1. The molecule has 5 heteroatoms. The predicted octanol–water partition coefficient (Wildman–Crippen LogP) is 2.43. The van der Waals surface area contributed by atoms with Crippen molar-refractivity contribution in [2.75, 3.05) is 6.61 Å². The monoisotopic (exact) mass is 279 g/mol. The van der Waals surface area contributed by atoms with Crippen LogP contribution in [0.2, 0.25) is 0 Å². The highest BCUT2D eigenvalue weighted by Gasteiger charge is 2.43. The molecule has 0 spiro atoms. The number of ether oxygens (including phenoxy) is 1. The highest BCUT2D eigenvalue weighted by Crippen LogP contribution is 2.31. The summed E-state index contributed by atoms with van der Waals surface area (Å²) in [6, 6.07) is 5.42. The smallest absolute Gasteiger partial charge is 0.331 e. The van der Waals surface area contributed by atoms with Crippen LogP contribution >= 0.6 is 0 Å². The summed E-state index contributed by atoms with van der Waals surface area (Å²) >= 11 is 0. The molecule has 0 bridgehead atoms. The van der Waals surface area contributed by atoms with Crippen molar-refractivity contribution in [1.29, 1.82) is 0 Å². The second-order valence-corrected chi connectivity index (χ2v) is 4.97. The lowest BCUT2D eigenvalue weighted by atomic mass is 9.97. The van der Waals surface area contributed by atoms with Gasteiger partial charge >= 0.3 is 5.97 Å². The fourth-order valence-corrected chi connectivity index (χ4v) is 2.55. The van der Waals surface area contributed by atoms with Crippen molar-refractivity contribution in [3.8, 4) is 0 Å². The van der Waals surface area contributed by atoms with Crippen LogP contribution < -0.4 is 5.32 Å². The molecule has 0 saturated heterocycles. The van der Waals surface area contributed by atoms with Crippen LogP contribution in [-0.4, -0.2) is 24.0 Å². The first kappa shape index (κ1) is 14.5. The SMILES string of the molecule is CCOC(=O)C1(NC(=O)c2cccc(F)c2)CCCC1. The third kappa shape index (κ3) is 2.98. The molecule has 0 radical (unpaired) electrons. The Kier molecular flexibility index (Phi) is 4.37. The molecule has 0 atom stereocenters. The number of carbonyl (C=O) groups is 2. The second kappa shape index (κ2) is 6.03. The predicted molar refractivity (Wildman–Crippen MR) is 71.7 cm³/mol. The molecule has 1 N–H and O–H groups in total. The molecule has 1 aromatic rings. The van der Waals surface area contributed by atoms with Gasteiger partial charge in [0.25, 0.3) is 5.91 Å². The minimum Gasteiger partial charge on any atom is -0.464 e. The molecule has 108 valence electrons. The summed E-state index contributed by atoms with van der Waals surface area (Å²) in [4.78, 5) is 24.3. The van der Waals surface area contributed by atoms with Gasteiger partial charge in [-0.3, -0.25) is 4.79 Å². The molecule has 1 aliphatic rings.